The number of ether oxygens (including phenoxy) is 1. The summed E-state index contributed by atoms with van der Waals surface area (Å²) in [6.45, 7) is 1.85. The lowest BCUT2D eigenvalue weighted by molar-refractivity contribution is 0.0962. The van der Waals surface area contributed by atoms with Gasteiger partial charge in [-0.05, 0) is 74.5 Å². The minimum absolute atomic E-state index is 0.152. The molecule has 1 fully saturated rings. The first-order valence-corrected chi connectivity index (χ1v) is 11.5. The van der Waals surface area contributed by atoms with Crippen LogP contribution in [0.15, 0.2) is 67.1 Å². The highest BCUT2D eigenvalue weighted by molar-refractivity contribution is 5.94. The Bertz CT molecular complexity index is 1330. The quantitative estimate of drug-likeness (QED) is 0.436. The molecule has 4 aromatic rings. The number of hydrogen-bond donors (Lipinski definition) is 2. The number of piperidine rings is 1. The van der Waals surface area contributed by atoms with Gasteiger partial charge in [0.2, 0.25) is 0 Å². The molecule has 0 bridgehead atoms. The van der Waals surface area contributed by atoms with Gasteiger partial charge in [-0.15, -0.1) is 0 Å². The summed E-state index contributed by atoms with van der Waals surface area (Å²) in [5, 5.41) is 5.99. The van der Waals surface area contributed by atoms with E-state index in [9.17, 15) is 9.18 Å². The molecule has 1 aliphatic heterocycles. The maximum Gasteiger partial charge on any atom is 0.322 e. The number of carbonyl (C=O) groups is 1. The number of nitrogens with one attached hydrogen (secondary N) is 2. The fraction of sp³-hybridized carbons (Fsp3) is 0.231. The summed E-state index contributed by atoms with van der Waals surface area (Å²) in [4.78, 5) is 25.6. The fourth-order valence-electron chi connectivity index (χ4n) is 4.27. The van der Waals surface area contributed by atoms with Crippen LogP contribution in [0.5, 0.6) is 11.8 Å². The molecule has 178 valence electrons. The molecule has 0 radical (unpaired) electrons. The standard InChI is InChI=1S/C26H25FN6O2/c1-28-25(34)18-3-2-4-21(15-18)35-26-30-14-11-22(32-26)24-23(17-5-7-19(27)8-6-17)31-16-33(24)20-9-12-29-13-10-20/h2-8,11,14-16,20,29H,9-10,12-13H2,1H3,(H,28,34). The lowest BCUT2D eigenvalue weighted by Gasteiger charge is -2.25. The summed E-state index contributed by atoms with van der Waals surface area (Å²) in [6, 6.07) is 15.3. The van der Waals surface area contributed by atoms with Gasteiger partial charge in [0.25, 0.3) is 5.91 Å². The molecule has 8 nitrogen and oxygen atoms in total. The third-order valence-corrected chi connectivity index (χ3v) is 6.02. The molecule has 5 rings (SSSR count). The third kappa shape index (κ3) is 4.90. The third-order valence-electron chi connectivity index (χ3n) is 6.02. The highest BCUT2D eigenvalue weighted by Crippen LogP contribution is 2.35. The molecular weight excluding hydrogens is 447 g/mol. The van der Waals surface area contributed by atoms with Crippen LogP contribution in [0.2, 0.25) is 0 Å². The average molecular weight is 473 g/mol. The Balaban J connectivity index is 1.54. The van der Waals surface area contributed by atoms with E-state index in [-0.39, 0.29) is 23.8 Å². The summed E-state index contributed by atoms with van der Waals surface area (Å²) in [6.07, 6.45) is 5.40. The van der Waals surface area contributed by atoms with Gasteiger partial charge in [-0.3, -0.25) is 4.79 Å². The van der Waals surface area contributed by atoms with E-state index in [0.717, 1.165) is 42.9 Å². The van der Waals surface area contributed by atoms with Crippen LogP contribution < -0.4 is 15.4 Å². The van der Waals surface area contributed by atoms with E-state index in [2.05, 4.69) is 25.2 Å². The zero-order valence-electron chi connectivity index (χ0n) is 19.2. The highest BCUT2D eigenvalue weighted by Gasteiger charge is 2.23. The van der Waals surface area contributed by atoms with Crippen molar-refractivity contribution in [3.8, 4) is 34.4 Å². The van der Waals surface area contributed by atoms with Gasteiger partial charge >= 0.3 is 6.01 Å². The summed E-state index contributed by atoms with van der Waals surface area (Å²) in [7, 11) is 1.58. The highest BCUT2D eigenvalue weighted by atomic mass is 19.1. The van der Waals surface area contributed by atoms with Crippen molar-refractivity contribution in [3.05, 3.63) is 78.5 Å². The number of halogens is 1. The number of rotatable bonds is 6. The molecule has 2 aromatic heterocycles. The van der Waals surface area contributed by atoms with Crippen molar-refractivity contribution in [2.24, 2.45) is 0 Å². The van der Waals surface area contributed by atoms with Crippen LogP contribution in [0.1, 0.15) is 29.2 Å². The Hall–Kier alpha value is -4.11. The van der Waals surface area contributed by atoms with Gasteiger partial charge in [-0.25, -0.2) is 14.4 Å². The number of benzene rings is 2. The zero-order chi connectivity index (χ0) is 24.2. The largest absolute Gasteiger partial charge is 0.424 e. The van der Waals surface area contributed by atoms with Gasteiger partial charge in [-0.1, -0.05) is 6.07 Å². The van der Waals surface area contributed by atoms with Crippen LogP contribution in [0.3, 0.4) is 0 Å². The van der Waals surface area contributed by atoms with Gasteiger partial charge < -0.3 is 19.9 Å². The molecule has 1 amide bonds. The number of carbonyl (C=O) groups excluding carboxylic acids is 1. The van der Waals surface area contributed by atoms with E-state index in [1.807, 2.05) is 12.4 Å². The molecule has 0 unspecified atom stereocenters. The van der Waals surface area contributed by atoms with Crippen LogP contribution in [0.4, 0.5) is 4.39 Å². The molecule has 2 N–H and O–H groups in total. The molecule has 9 heteroatoms. The Morgan fingerprint density at radius 3 is 2.69 bits per heavy atom. The van der Waals surface area contributed by atoms with Crippen molar-refractivity contribution in [3.63, 3.8) is 0 Å². The van der Waals surface area contributed by atoms with Crippen molar-refractivity contribution < 1.29 is 13.9 Å². The summed E-state index contributed by atoms with van der Waals surface area (Å²) in [5.41, 5.74) is 3.47. The summed E-state index contributed by atoms with van der Waals surface area (Å²) >= 11 is 0. The first kappa shape index (κ1) is 22.7. The molecule has 0 aliphatic carbocycles. The smallest absolute Gasteiger partial charge is 0.322 e. The molecule has 2 aromatic carbocycles. The average Bonchev–Trinajstić information content (AvgIpc) is 3.35. The van der Waals surface area contributed by atoms with Crippen LogP contribution in [-0.4, -0.2) is 45.6 Å². The minimum Gasteiger partial charge on any atom is -0.424 e. The Labute approximate surface area is 202 Å². The number of hydrogen-bond acceptors (Lipinski definition) is 6. The van der Waals surface area contributed by atoms with E-state index in [1.165, 1.54) is 12.1 Å². The van der Waals surface area contributed by atoms with Gasteiger partial charge in [0.1, 0.15) is 11.6 Å². The molecule has 0 saturated carbocycles. The predicted molar refractivity (Wildman–Crippen MR) is 130 cm³/mol. The van der Waals surface area contributed by atoms with E-state index in [1.54, 1.807) is 49.6 Å². The lowest BCUT2D eigenvalue weighted by Crippen LogP contribution is -2.29. The van der Waals surface area contributed by atoms with E-state index in [0.29, 0.717) is 17.0 Å². The Morgan fingerprint density at radius 2 is 1.91 bits per heavy atom. The van der Waals surface area contributed by atoms with Gasteiger partial charge in [0.15, 0.2) is 0 Å². The lowest BCUT2D eigenvalue weighted by atomic mass is 10.0. The first-order chi connectivity index (χ1) is 17.1. The van der Waals surface area contributed by atoms with Crippen LogP contribution in [0.25, 0.3) is 22.6 Å². The van der Waals surface area contributed by atoms with Crippen molar-refractivity contribution in [2.45, 2.75) is 18.9 Å². The fourth-order valence-corrected chi connectivity index (χ4v) is 4.27. The monoisotopic (exact) mass is 472 g/mol. The topological polar surface area (TPSA) is 94.0 Å². The summed E-state index contributed by atoms with van der Waals surface area (Å²) in [5.74, 6) is -0.0569. The number of nitrogens with zero attached hydrogens (tertiary/aromatic N) is 4. The molecular formula is C26H25FN6O2. The van der Waals surface area contributed by atoms with Crippen molar-refractivity contribution in [1.29, 1.82) is 0 Å². The first-order valence-electron chi connectivity index (χ1n) is 11.5. The predicted octanol–water partition coefficient (Wildman–Crippen LogP) is 4.22. The SMILES string of the molecule is CNC(=O)c1cccc(Oc2nccc(-c3c(-c4ccc(F)cc4)ncn3C3CCNCC3)n2)c1. The van der Waals surface area contributed by atoms with Crippen molar-refractivity contribution >= 4 is 5.91 Å². The second-order valence-electron chi connectivity index (χ2n) is 8.27. The maximum absolute atomic E-state index is 13.6. The Morgan fingerprint density at radius 1 is 1.11 bits per heavy atom. The molecule has 35 heavy (non-hydrogen) atoms. The number of aromatic nitrogens is 4. The van der Waals surface area contributed by atoms with Gasteiger partial charge in [0.05, 0.1) is 23.4 Å². The minimum atomic E-state index is -0.301. The number of imidazole rings is 1. The molecule has 1 saturated heterocycles. The summed E-state index contributed by atoms with van der Waals surface area (Å²) < 4.78 is 21.6. The van der Waals surface area contributed by atoms with Gasteiger partial charge in [0, 0.05) is 30.4 Å². The van der Waals surface area contributed by atoms with E-state index >= 15 is 0 Å². The van der Waals surface area contributed by atoms with Gasteiger partial charge in [-0.2, -0.15) is 4.98 Å². The molecule has 3 heterocycles. The normalized spacial score (nSPS) is 14.0. The molecule has 0 spiro atoms. The molecule has 1 aliphatic rings. The second-order valence-corrected chi connectivity index (χ2v) is 8.27. The van der Waals surface area contributed by atoms with E-state index < -0.39 is 0 Å². The van der Waals surface area contributed by atoms with Crippen LogP contribution in [-0.2, 0) is 0 Å². The van der Waals surface area contributed by atoms with Crippen LogP contribution >= 0.6 is 0 Å². The Kier molecular flexibility index (Phi) is 6.49. The van der Waals surface area contributed by atoms with E-state index in [4.69, 9.17) is 9.72 Å². The second kappa shape index (κ2) is 10.0. The zero-order valence-corrected chi connectivity index (χ0v) is 19.2. The van der Waals surface area contributed by atoms with Crippen molar-refractivity contribution in [1.82, 2.24) is 30.2 Å². The number of amides is 1. The molecule has 0 atom stereocenters. The maximum atomic E-state index is 13.6. The van der Waals surface area contributed by atoms with Crippen LogP contribution in [0, 0.1) is 5.82 Å². The van der Waals surface area contributed by atoms with Crippen molar-refractivity contribution in [2.75, 3.05) is 20.1 Å².